The first kappa shape index (κ1) is 30.4. The summed E-state index contributed by atoms with van der Waals surface area (Å²) in [6.45, 7) is -1.31. The molecule has 3 fully saturated rings. The van der Waals surface area contributed by atoms with Gasteiger partial charge in [0.05, 0.1) is 40.8 Å². The van der Waals surface area contributed by atoms with Crippen LogP contribution in [0.15, 0.2) is 23.8 Å². The van der Waals surface area contributed by atoms with Gasteiger partial charge in [-0.25, -0.2) is 19.9 Å². The molecular formula is C20H22B2N10O11P2-2. The molecule has 10 atom stereocenters. The zero-order chi connectivity index (χ0) is 31.8. The Morgan fingerprint density at radius 1 is 0.844 bits per heavy atom. The maximum Gasteiger partial charge on any atom is 0.280 e. The van der Waals surface area contributed by atoms with E-state index in [-0.39, 0.29) is 34.1 Å². The zero-order valence-electron chi connectivity index (χ0n) is 22.7. The number of nitrogens with zero attached hydrogens (tertiary/aromatic N) is 7. The van der Waals surface area contributed by atoms with Crippen LogP contribution in [0.5, 0.6) is 0 Å². The van der Waals surface area contributed by atoms with E-state index in [1.165, 1.54) is 21.8 Å². The fourth-order valence-corrected chi connectivity index (χ4v) is 7.35. The van der Waals surface area contributed by atoms with E-state index in [2.05, 4.69) is 29.9 Å². The van der Waals surface area contributed by atoms with Crippen LogP contribution in [0.1, 0.15) is 12.5 Å². The highest BCUT2D eigenvalue weighted by Crippen LogP contribution is 2.53. The minimum atomic E-state index is -4.58. The number of aromatic amines is 1. The summed E-state index contributed by atoms with van der Waals surface area (Å²) in [5, 5.41) is 22.3. The minimum Gasteiger partial charge on any atom is -0.444 e. The fourth-order valence-electron chi connectivity index (χ4n) is 5.35. The third-order valence-corrected chi connectivity index (χ3v) is 9.48. The number of aromatic nitrogens is 8. The summed E-state index contributed by atoms with van der Waals surface area (Å²) in [6.07, 6.45) is -7.94. The van der Waals surface area contributed by atoms with Crippen LogP contribution in [0.2, 0.25) is 0 Å². The zero-order valence-corrected chi connectivity index (χ0v) is 24.5. The van der Waals surface area contributed by atoms with E-state index in [0.717, 1.165) is 6.33 Å². The third-order valence-electron chi connectivity index (χ3n) is 7.38. The highest BCUT2D eigenvalue weighted by Gasteiger charge is 2.50. The van der Waals surface area contributed by atoms with Crippen molar-refractivity contribution < 1.29 is 46.9 Å². The number of nitrogens with one attached hydrogen (secondary N) is 1. The standard InChI is InChI=1S/C20H22B2N10O11P2/c21-44(36)38-1-6-10(33)13(19(40-6)32-5-28-9-16(32)29-20(24)30-17(9)35)43-45(22,37)39-2-7-12(42-44)11(34)18(41-7)31-4-27-8-14(23)25-3-26-15(8)31/h3-7,10-13,18-19,33-34H,1-2H2,(H2,23,25,26)(H3,24,29,30,35)/q-2/t6-,7-,10?,11+,12?,13+,18-,19-,44?,45?/m1/s1. The predicted octanol–water partition coefficient (Wildman–Crippen LogP) is -1.99. The van der Waals surface area contributed by atoms with Crippen molar-refractivity contribution in [3.05, 3.63) is 29.3 Å². The van der Waals surface area contributed by atoms with Gasteiger partial charge in [-0.1, -0.05) is 0 Å². The summed E-state index contributed by atoms with van der Waals surface area (Å²) in [6, 6.07) is 0. The molecule has 7 N–H and O–H groups in total. The lowest BCUT2D eigenvalue weighted by Gasteiger charge is -2.35. The Balaban J connectivity index is 1.21. The van der Waals surface area contributed by atoms with Crippen LogP contribution >= 0.6 is 14.9 Å². The van der Waals surface area contributed by atoms with E-state index in [9.17, 15) is 24.1 Å². The summed E-state index contributed by atoms with van der Waals surface area (Å²) in [5.74, 6) is -0.172. The molecule has 0 aliphatic carbocycles. The molecule has 21 nitrogen and oxygen atoms in total. The topological polar surface area (TPSA) is 289 Å². The number of nitrogens with two attached hydrogens (primary N) is 2. The Morgan fingerprint density at radius 2 is 1.47 bits per heavy atom. The first-order valence-electron chi connectivity index (χ1n) is 13.1. The van der Waals surface area contributed by atoms with Gasteiger partial charge in [-0.15, -0.1) is 0 Å². The second kappa shape index (κ2) is 10.9. The molecule has 3 aliphatic heterocycles. The van der Waals surface area contributed by atoms with Crippen molar-refractivity contribution in [1.29, 1.82) is 0 Å². The monoisotopic (exact) mass is 662 g/mol. The molecule has 4 unspecified atom stereocenters. The van der Waals surface area contributed by atoms with Crippen LogP contribution in [-0.2, 0) is 36.7 Å². The molecule has 0 aromatic carbocycles. The van der Waals surface area contributed by atoms with Gasteiger partial charge in [0.1, 0.15) is 48.5 Å². The number of nitrogen functional groups attached to an aromatic ring is 2. The molecule has 6 radical (unpaired) electrons. The summed E-state index contributed by atoms with van der Waals surface area (Å²) >= 11 is 0. The quantitative estimate of drug-likeness (QED) is 0.115. The van der Waals surface area contributed by atoms with E-state index in [0.29, 0.717) is 0 Å². The van der Waals surface area contributed by atoms with Gasteiger partial charge in [-0.2, -0.15) is 4.98 Å². The number of fused-ring (bicyclic) bond motifs is 5. The molecule has 4 aromatic rings. The Hall–Kier alpha value is -3.23. The summed E-state index contributed by atoms with van der Waals surface area (Å²) in [5.41, 5.74) is 11.1. The number of aliphatic hydroxyl groups is 2. The molecular weight excluding hydrogens is 640 g/mol. The molecule has 4 aromatic heterocycles. The van der Waals surface area contributed by atoms with Crippen molar-refractivity contribution in [3.63, 3.8) is 0 Å². The SMILES string of the molecule is [B-]P1(=O)OC[C@H]2O[C@@H](n3cnc4c(=O)[nH]c(N)nc43)[C@@H](OP([B-])(=O)OC[C@H]3O[C@@H](n4cnc5c(N)ncnc54)[C@@H](O)C3O1)C2O. The summed E-state index contributed by atoms with van der Waals surface area (Å²) in [7, 11) is 2.69. The number of aliphatic hydroxyl groups excluding tert-OH is 2. The van der Waals surface area contributed by atoms with E-state index >= 15 is 0 Å². The molecule has 3 aliphatic rings. The maximum absolute atomic E-state index is 13.4. The number of hydrogen-bond acceptors (Lipinski definition) is 18. The molecule has 0 spiro atoms. The van der Waals surface area contributed by atoms with Crippen molar-refractivity contribution in [2.45, 2.75) is 49.1 Å². The highest BCUT2D eigenvalue weighted by atomic mass is 31.2. The van der Waals surface area contributed by atoms with E-state index < -0.39 is 82.8 Å². The van der Waals surface area contributed by atoms with Crippen molar-refractivity contribution in [1.82, 2.24) is 39.0 Å². The van der Waals surface area contributed by atoms with Gasteiger partial charge >= 0.3 is 0 Å². The molecule has 3 saturated heterocycles. The normalized spacial score (nSPS) is 37.7. The van der Waals surface area contributed by atoms with E-state index in [1.807, 2.05) is 0 Å². The van der Waals surface area contributed by atoms with Crippen molar-refractivity contribution in [2.75, 3.05) is 24.7 Å². The van der Waals surface area contributed by atoms with E-state index in [1.54, 1.807) is 0 Å². The second-order valence-electron chi connectivity index (χ2n) is 10.3. The van der Waals surface area contributed by atoms with Crippen LogP contribution in [0.3, 0.4) is 0 Å². The number of imidazole rings is 2. The van der Waals surface area contributed by atoms with Crippen molar-refractivity contribution in [3.8, 4) is 0 Å². The molecule has 7 heterocycles. The van der Waals surface area contributed by atoms with Gasteiger partial charge in [0.25, 0.3) is 5.56 Å². The van der Waals surface area contributed by atoms with Crippen LogP contribution in [0.4, 0.5) is 11.8 Å². The maximum atomic E-state index is 13.4. The Labute approximate surface area is 253 Å². The van der Waals surface area contributed by atoms with Crippen LogP contribution in [-0.4, -0.2) is 114 Å². The van der Waals surface area contributed by atoms with Gasteiger partial charge in [0.15, 0.2) is 35.1 Å². The van der Waals surface area contributed by atoms with E-state index in [4.69, 9.17) is 54.2 Å². The number of ether oxygens (including phenoxy) is 2. The number of anilines is 2. The number of hydrogen-bond donors (Lipinski definition) is 5. The van der Waals surface area contributed by atoms with Crippen molar-refractivity contribution >= 4 is 64.2 Å². The molecule has 236 valence electrons. The van der Waals surface area contributed by atoms with Gasteiger partial charge < -0.3 is 73.5 Å². The fraction of sp³-hybridized carbons (Fsp3) is 0.500. The number of rotatable bonds is 2. The predicted molar refractivity (Wildman–Crippen MR) is 151 cm³/mol. The second-order valence-corrected chi connectivity index (χ2v) is 13.4. The van der Waals surface area contributed by atoms with Gasteiger partial charge in [-0.05, 0) is 0 Å². The smallest absolute Gasteiger partial charge is 0.280 e. The van der Waals surface area contributed by atoms with Crippen LogP contribution in [0, 0.1) is 0 Å². The molecule has 0 amide bonds. The largest absolute Gasteiger partial charge is 0.444 e. The Bertz CT molecular complexity index is 1940. The highest BCUT2D eigenvalue weighted by molar-refractivity contribution is 7.79. The third kappa shape index (κ3) is 5.38. The Morgan fingerprint density at radius 3 is 2.20 bits per heavy atom. The molecule has 45 heavy (non-hydrogen) atoms. The average molecular weight is 662 g/mol. The lowest BCUT2D eigenvalue weighted by Crippen LogP contribution is -2.36. The van der Waals surface area contributed by atoms with Gasteiger partial charge in [0, 0.05) is 0 Å². The average Bonchev–Trinajstić information content (AvgIpc) is 3.72. The molecule has 7 rings (SSSR count). The van der Waals surface area contributed by atoms with Crippen LogP contribution < -0.4 is 17.0 Å². The van der Waals surface area contributed by atoms with Gasteiger partial charge in [0.2, 0.25) is 5.95 Å². The number of H-pyrrole nitrogens is 1. The first-order chi connectivity index (χ1) is 21.3. The van der Waals surface area contributed by atoms with Gasteiger partial charge in [-0.3, -0.25) is 18.9 Å². The molecule has 25 heteroatoms. The minimum absolute atomic E-state index is 0.0633. The summed E-state index contributed by atoms with van der Waals surface area (Å²) < 4.78 is 62.9. The Kier molecular flexibility index (Phi) is 7.40. The molecule has 0 saturated carbocycles. The lowest BCUT2D eigenvalue weighted by molar-refractivity contribution is -0.0578. The molecule has 2 bridgehead atoms. The van der Waals surface area contributed by atoms with Crippen molar-refractivity contribution in [2.24, 2.45) is 0 Å². The summed E-state index contributed by atoms with van der Waals surface area (Å²) in [4.78, 5) is 34.8. The lowest BCUT2D eigenvalue weighted by atomic mass is 10.1. The van der Waals surface area contributed by atoms with Crippen LogP contribution in [0.25, 0.3) is 22.3 Å². The first-order valence-corrected chi connectivity index (χ1v) is 16.3.